The monoisotopic (exact) mass is 230 g/mol. The van der Waals surface area contributed by atoms with E-state index in [1.54, 1.807) is 12.0 Å². The second-order valence-corrected chi connectivity index (χ2v) is 3.93. The van der Waals surface area contributed by atoms with E-state index in [-0.39, 0.29) is 6.09 Å². The van der Waals surface area contributed by atoms with Gasteiger partial charge < -0.3 is 19.7 Å². The molecule has 0 spiro atoms. The Morgan fingerprint density at radius 3 is 2.94 bits per heavy atom. The summed E-state index contributed by atoms with van der Waals surface area (Å²) in [5.41, 5.74) is 0. The molecule has 0 radical (unpaired) electrons. The van der Waals surface area contributed by atoms with Gasteiger partial charge in [0.1, 0.15) is 0 Å². The Morgan fingerprint density at radius 2 is 2.38 bits per heavy atom. The van der Waals surface area contributed by atoms with Gasteiger partial charge in [-0.25, -0.2) is 4.79 Å². The fourth-order valence-corrected chi connectivity index (χ4v) is 1.85. The van der Waals surface area contributed by atoms with Crippen molar-refractivity contribution in [2.45, 2.75) is 25.8 Å². The predicted molar refractivity (Wildman–Crippen MR) is 61.5 cm³/mol. The number of carbonyl (C=O) groups excluding carboxylic acids is 1. The van der Waals surface area contributed by atoms with Crippen LogP contribution in [-0.2, 0) is 9.47 Å². The summed E-state index contributed by atoms with van der Waals surface area (Å²) in [7, 11) is 1.64. The summed E-state index contributed by atoms with van der Waals surface area (Å²) in [6.45, 7) is 5.13. The van der Waals surface area contributed by atoms with Crippen molar-refractivity contribution in [3.05, 3.63) is 0 Å². The molecule has 5 nitrogen and oxygen atoms in total. The molecule has 5 heteroatoms. The topological polar surface area (TPSA) is 50.8 Å². The molecule has 0 aliphatic carbocycles. The largest absolute Gasteiger partial charge is 0.450 e. The highest BCUT2D eigenvalue weighted by Crippen LogP contribution is 2.07. The SMILES string of the molecule is CCOC(=O)N(CCOC)CC1CCCN1. The van der Waals surface area contributed by atoms with Crippen molar-refractivity contribution in [2.75, 3.05) is 40.0 Å². The van der Waals surface area contributed by atoms with Gasteiger partial charge >= 0.3 is 6.09 Å². The molecule has 16 heavy (non-hydrogen) atoms. The number of nitrogens with one attached hydrogen (secondary N) is 1. The van der Waals surface area contributed by atoms with E-state index in [0.717, 1.165) is 13.0 Å². The van der Waals surface area contributed by atoms with Crippen LogP contribution in [-0.4, -0.2) is 57.0 Å². The molecule has 1 amide bonds. The molecular weight excluding hydrogens is 208 g/mol. The Morgan fingerprint density at radius 1 is 1.56 bits per heavy atom. The van der Waals surface area contributed by atoms with Crippen molar-refractivity contribution in [3.63, 3.8) is 0 Å². The summed E-state index contributed by atoms with van der Waals surface area (Å²) in [5.74, 6) is 0. The number of hydrogen-bond acceptors (Lipinski definition) is 4. The summed E-state index contributed by atoms with van der Waals surface area (Å²) >= 11 is 0. The van der Waals surface area contributed by atoms with E-state index in [1.165, 1.54) is 6.42 Å². The summed E-state index contributed by atoms with van der Waals surface area (Å²) < 4.78 is 10.0. The summed E-state index contributed by atoms with van der Waals surface area (Å²) in [6, 6.07) is 0.404. The zero-order chi connectivity index (χ0) is 11.8. The van der Waals surface area contributed by atoms with Gasteiger partial charge in [-0.1, -0.05) is 0 Å². The average molecular weight is 230 g/mol. The van der Waals surface area contributed by atoms with Crippen LogP contribution in [0, 0.1) is 0 Å². The third-order valence-electron chi connectivity index (χ3n) is 2.69. The molecule has 1 aliphatic heterocycles. The van der Waals surface area contributed by atoms with Crippen LogP contribution in [0.25, 0.3) is 0 Å². The van der Waals surface area contributed by atoms with Gasteiger partial charge in [0.2, 0.25) is 0 Å². The minimum atomic E-state index is -0.242. The number of carbonyl (C=O) groups is 1. The van der Waals surface area contributed by atoms with Gasteiger partial charge in [-0.2, -0.15) is 0 Å². The minimum absolute atomic E-state index is 0.242. The lowest BCUT2D eigenvalue weighted by molar-refractivity contribution is 0.0877. The molecule has 0 saturated carbocycles. The number of hydrogen-bond donors (Lipinski definition) is 1. The minimum Gasteiger partial charge on any atom is -0.450 e. The van der Waals surface area contributed by atoms with E-state index in [2.05, 4.69) is 5.32 Å². The van der Waals surface area contributed by atoms with Crippen LogP contribution < -0.4 is 5.32 Å². The molecular formula is C11H22N2O3. The van der Waals surface area contributed by atoms with Crippen molar-refractivity contribution < 1.29 is 14.3 Å². The second kappa shape index (κ2) is 7.46. The highest BCUT2D eigenvalue weighted by molar-refractivity contribution is 5.67. The molecule has 1 N–H and O–H groups in total. The first-order valence-corrected chi connectivity index (χ1v) is 5.92. The van der Waals surface area contributed by atoms with Gasteiger partial charge in [0, 0.05) is 26.2 Å². The zero-order valence-electron chi connectivity index (χ0n) is 10.2. The van der Waals surface area contributed by atoms with Crippen molar-refractivity contribution >= 4 is 6.09 Å². The summed E-state index contributed by atoms with van der Waals surface area (Å²) in [5, 5.41) is 3.37. The van der Waals surface area contributed by atoms with Crippen molar-refractivity contribution in [3.8, 4) is 0 Å². The lowest BCUT2D eigenvalue weighted by Crippen LogP contribution is -2.42. The number of amides is 1. The molecule has 0 bridgehead atoms. The Bertz CT molecular complexity index is 205. The maximum atomic E-state index is 11.7. The number of methoxy groups -OCH3 is 1. The van der Waals surface area contributed by atoms with E-state index < -0.39 is 0 Å². The van der Waals surface area contributed by atoms with E-state index in [1.807, 2.05) is 6.92 Å². The quantitative estimate of drug-likeness (QED) is 0.734. The predicted octanol–water partition coefficient (Wildman–Crippen LogP) is 0.843. The maximum absolute atomic E-state index is 11.7. The van der Waals surface area contributed by atoms with Gasteiger partial charge in [-0.05, 0) is 26.3 Å². The zero-order valence-corrected chi connectivity index (χ0v) is 10.2. The maximum Gasteiger partial charge on any atom is 0.409 e. The van der Waals surface area contributed by atoms with Crippen LogP contribution in [0.4, 0.5) is 4.79 Å². The van der Waals surface area contributed by atoms with Crippen LogP contribution in [0.15, 0.2) is 0 Å². The number of ether oxygens (including phenoxy) is 2. The number of nitrogens with zero attached hydrogens (tertiary/aromatic N) is 1. The average Bonchev–Trinajstić information content (AvgIpc) is 2.77. The van der Waals surface area contributed by atoms with E-state index >= 15 is 0 Å². The standard InChI is InChI=1S/C11H22N2O3/c1-3-16-11(14)13(7-8-15-2)9-10-5-4-6-12-10/h10,12H,3-9H2,1-2H3. The molecule has 1 aliphatic rings. The molecule has 1 rings (SSSR count). The fraction of sp³-hybridized carbons (Fsp3) is 0.909. The first-order chi connectivity index (χ1) is 7.77. The van der Waals surface area contributed by atoms with Gasteiger partial charge in [-0.3, -0.25) is 0 Å². The Kier molecular flexibility index (Phi) is 6.18. The van der Waals surface area contributed by atoms with Crippen molar-refractivity contribution in [2.24, 2.45) is 0 Å². The molecule has 0 aromatic rings. The van der Waals surface area contributed by atoms with Crippen LogP contribution in [0.3, 0.4) is 0 Å². The van der Waals surface area contributed by atoms with E-state index in [4.69, 9.17) is 9.47 Å². The van der Waals surface area contributed by atoms with Gasteiger partial charge in [0.15, 0.2) is 0 Å². The third-order valence-corrected chi connectivity index (χ3v) is 2.69. The smallest absolute Gasteiger partial charge is 0.409 e. The molecule has 1 saturated heterocycles. The molecule has 94 valence electrons. The fourth-order valence-electron chi connectivity index (χ4n) is 1.85. The molecule has 1 atom stereocenters. The van der Waals surface area contributed by atoms with Crippen LogP contribution >= 0.6 is 0 Å². The molecule has 0 aromatic carbocycles. The molecule has 1 fully saturated rings. The first kappa shape index (κ1) is 13.3. The van der Waals surface area contributed by atoms with Crippen LogP contribution in [0.1, 0.15) is 19.8 Å². The van der Waals surface area contributed by atoms with Crippen LogP contribution in [0.2, 0.25) is 0 Å². The highest BCUT2D eigenvalue weighted by Gasteiger charge is 2.21. The van der Waals surface area contributed by atoms with Crippen molar-refractivity contribution in [1.82, 2.24) is 10.2 Å². The van der Waals surface area contributed by atoms with Crippen LogP contribution in [0.5, 0.6) is 0 Å². The normalized spacial score (nSPS) is 19.8. The Balaban J connectivity index is 2.38. The number of rotatable bonds is 6. The van der Waals surface area contributed by atoms with E-state index in [9.17, 15) is 4.79 Å². The molecule has 0 aromatic heterocycles. The highest BCUT2D eigenvalue weighted by atomic mass is 16.6. The molecule has 1 unspecified atom stereocenters. The van der Waals surface area contributed by atoms with Gasteiger partial charge in [0.05, 0.1) is 13.2 Å². The molecule has 1 heterocycles. The lowest BCUT2D eigenvalue weighted by Gasteiger charge is -2.24. The van der Waals surface area contributed by atoms with Gasteiger partial charge in [-0.15, -0.1) is 0 Å². The third kappa shape index (κ3) is 4.37. The Labute approximate surface area is 97.1 Å². The van der Waals surface area contributed by atoms with Crippen molar-refractivity contribution in [1.29, 1.82) is 0 Å². The van der Waals surface area contributed by atoms with Gasteiger partial charge in [0.25, 0.3) is 0 Å². The second-order valence-electron chi connectivity index (χ2n) is 3.93. The summed E-state index contributed by atoms with van der Waals surface area (Å²) in [6.07, 6.45) is 2.07. The summed E-state index contributed by atoms with van der Waals surface area (Å²) in [4.78, 5) is 13.4. The van der Waals surface area contributed by atoms with E-state index in [0.29, 0.717) is 32.3 Å². The lowest BCUT2D eigenvalue weighted by atomic mass is 10.2. The Hall–Kier alpha value is -0.810. The first-order valence-electron chi connectivity index (χ1n) is 5.92.